The highest BCUT2D eigenvalue weighted by Gasteiger charge is 2.41. The molecule has 0 N–H and O–H groups in total. The summed E-state index contributed by atoms with van der Waals surface area (Å²) in [5.74, 6) is 3.21. The van der Waals surface area contributed by atoms with Crippen LogP contribution in [-0.4, -0.2) is 12.2 Å². The standard InChI is InChI=1S/C38H52O6P2/c1-27(2)35-23-17-29(5)25-37(35)43-45(39,33-13-9-7-10-14-33)41-31-19-21-32(22-20-31)42-46(40,34-15-11-8-12-16-34)44-38-26-30(6)18-24-36(38)28(3)4/h7-16,19-22,27-30,35-38H,17-18,23-26H2,1-6H3/t29-,30-,35+,36+,37-,38-,45?,46?/m1/s1. The molecule has 0 aliphatic heterocycles. The van der Waals surface area contributed by atoms with Crippen molar-refractivity contribution in [1.29, 1.82) is 0 Å². The largest absolute Gasteiger partial charge is 0.421 e. The smallest absolute Gasteiger partial charge is 0.411 e. The van der Waals surface area contributed by atoms with Crippen LogP contribution in [0.15, 0.2) is 84.9 Å². The van der Waals surface area contributed by atoms with E-state index in [1.165, 1.54) is 0 Å². The zero-order valence-electron chi connectivity index (χ0n) is 28.3. The summed E-state index contributed by atoms with van der Waals surface area (Å²) in [7, 11) is -7.47. The maximum Gasteiger partial charge on any atom is 0.411 e. The van der Waals surface area contributed by atoms with Crippen LogP contribution in [0.4, 0.5) is 0 Å². The molecule has 46 heavy (non-hydrogen) atoms. The molecule has 0 heterocycles. The second-order valence-electron chi connectivity index (χ2n) is 14.3. The Bertz CT molecular complexity index is 1360. The van der Waals surface area contributed by atoms with Crippen LogP contribution < -0.4 is 19.7 Å². The van der Waals surface area contributed by atoms with Crippen LogP contribution in [0.2, 0.25) is 0 Å². The highest BCUT2D eigenvalue weighted by atomic mass is 31.2. The second kappa shape index (κ2) is 15.2. The first-order chi connectivity index (χ1) is 22.0. The Morgan fingerprint density at radius 1 is 0.543 bits per heavy atom. The molecule has 2 aliphatic rings. The zero-order chi connectivity index (χ0) is 32.9. The molecule has 2 saturated carbocycles. The van der Waals surface area contributed by atoms with Crippen molar-refractivity contribution >= 4 is 25.8 Å². The molecule has 250 valence electrons. The maximum atomic E-state index is 14.6. The average Bonchev–Trinajstić information content (AvgIpc) is 3.02. The lowest BCUT2D eigenvalue weighted by atomic mass is 9.75. The van der Waals surface area contributed by atoms with E-state index in [4.69, 9.17) is 18.1 Å². The molecule has 0 saturated heterocycles. The third kappa shape index (κ3) is 8.56. The quantitative estimate of drug-likeness (QED) is 0.179. The van der Waals surface area contributed by atoms with Gasteiger partial charge in [0.05, 0.1) is 22.8 Å². The van der Waals surface area contributed by atoms with Crippen molar-refractivity contribution < 1.29 is 27.2 Å². The molecule has 2 unspecified atom stereocenters. The van der Waals surface area contributed by atoms with Crippen LogP contribution in [-0.2, 0) is 18.2 Å². The predicted molar refractivity (Wildman–Crippen MR) is 187 cm³/mol. The molecule has 0 aromatic heterocycles. The fraction of sp³-hybridized carbons (Fsp3) is 0.526. The number of hydrogen-bond acceptors (Lipinski definition) is 6. The molecule has 0 radical (unpaired) electrons. The van der Waals surface area contributed by atoms with Crippen LogP contribution in [0.3, 0.4) is 0 Å². The van der Waals surface area contributed by atoms with Gasteiger partial charge in [0.15, 0.2) is 0 Å². The van der Waals surface area contributed by atoms with Gasteiger partial charge in [0.2, 0.25) is 0 Å². The van der Waals surface area contributed by atoms with Crippen LogP contribution in [0, 0.1) is 35.5 Å². The molecule has 2 fully saturated rings. The van der Waals surface area contributed by atoms with Crippen molar-refractivity contribution in [2.24, 2.45) is 35.5 Å². The van der Waals surface area contributed by atoms with Crippen molar-refractivity contribution in [3.63, 3.8) is 0 Å². The van der Waals surface area contributed by atoms with Crippen molar-refractivity contribution in [3.05, 3.63) is 84.9 Å². The normalized spacial score (nSPS) is 27.9. The zero-order valence-corrected chi connectivity index (χ0v) is 30.1. The minimum absolute atomic E-state index is 0.163. The number of hydrogen-bond donors (Lipinski definition) is 0. The summed E-state index contributed by atoms with van der Waals surface area (Å²) in [4.78, 5) is 0. The summed E-state index contributed by atoms with van der Waals surface area (Å²) in [6.45, 7) is 13.3. The number of rotatable bonds is 12. The van der Waals surface area contributed by atoms with Crippen molar-refractivity contribution in [2.75, 3.05) is 0 Å². The molecule has 0 amide bonds. The van der Waals surface area contributed by atoms with Gasteiger partial charge < -0.3 is 9.05 Å². The van der Waals surface area contributed by atoms with Gasteiger partial charge in [-0.2, -0.15) is 0 Å². The van der Waals surface area contributed by atoms with Gasteiger partial charge in [-0.05, 0) is 110 Å². The van der Waals surface area contributed by atoms with Crippen LogP contribution in [0.25, 0.3) is 0 Å². The SMILES string of the molecule is CC(C)[C@@H]1CC[C@@H](C)C[C@H]1OP(=O)(Oc1ccc(OP(=O)(O[C@@H]2C[C@H](C)CC[C@H]2C(C)C)c2ccccc2)cc1)c1ccccc1. The van der Waals surface area contributed by atoms with Gasteiger partial charge in [0.1, 0.15) is 11.5 Å². The second-order valence-corrected chi connectivity index (χ2v) is 18.1. The van der Waals surface area contributed by atoms with Gasteiger partial charge in [0, 0.05) is 0 Å². The van der Waals surface area contributed by atoms with E-state index in [0.29, 0.717) is 57.6 Å². The summed E-state index contributed by atoms with van der Waals surface area (Å²) in [5.41, 5.74) is 0. The molecule has 3 aromatic carbocycles. The van der Waals surface area contributed by atoms with E-state index in [2.05, 4.69) is 41.5 Å². The van der Waals surface area contributed by atoms with E-state index in [0.717, 1.165) is 38.5 Å². The summed E-state index contributed by atoms with van der Waals surface area (Å²) >= 11 is 0. The monoisotopic (exact) mass is 666 g/mol. The minimum Gasteiger partial charge on any atom is -0.421 e. The molecule has 0 bridgehead atoms. The molecule has 8 heteroatoms. The van der Waals surface area contributed by atoms with Crippen LogP contribution >= 0.6 is 15.2 Å². The lowest BCUT2D eigenvalue weighted by molar-refractivity contribution is 0.0408. The van der Waals surface area contributed by atoms with E-state index in [-0.39, 0.29) is 12.2 Å². The summed E-state index contributed by atoms with van der Waals surface area (Å²) in [6.07, 6.45) is 5.76. The van der Waals surface area contributed by atoms with Gasteiger partial charge >= 0.3 is 15.2 Å². The fourth-order valence-electron chi connectivity index (χ4n) is 7.16. The molecule has 0 spiro atoms. The summed E-state index contributed by atoms with van der Waals surface area (Å²) < 4.78 is 54.9. The average molecular weight is 667 g/mol. The van der Waals surface area contributed by atoms with Crippen LogP contribution in [0.1, 0.15) is 80.1 Å². The van der Waals surface area contributed by atoms with Crippen LogP contribution in [0.5, 0.6) is 11.5 Å². The first-order valence-electron chi connectivity index (χ1n) is 17.1. The minimum atomic E-state index is -3.74. The molecular formula is C38H52O6P2. The van der Waals surface area contributed by atoms with Crippen molar-refractivity contribution in [3.8, 4) is 11.5 Å². The third-order valence-corrected chi connectivity index (χ3v) is 13.8. The Kier molecular flexibility index (Phi) is 11.6. The molecule has 6 nitrogen and oxygen atoms in total. The topological polar surface area (TPSA) is 71.1 Å². The van der Waals surface area contributed by atoms with Gasteiger partial charge in [-0.25, -0.2) is 9.13 Å². The van der Waals surface area contributed by atoms with Gasteiger partial charge in [-0.15, -0.1) is 0 Å². The van der Waals surface area contributed by atoms with E-state index >= 15 is 0 Å². The van der Waals surface area contributed by atoms with Crippen molar-refractivity contribution in [2.45, 2.75) is 92.3 Å². The Hall–Kier alpha value is -2.36. The maximum absolute atomic E-state index is 14.6. The Morgan fingerprint density at radius 3 is 1.22 bits per heavy atom. The highest BCUT2D eigenvalue weighted by Crippen LogP contribution is 2.54. The van der Waals surface area contributed by atoms with E-state index in [1.807, 2.05) is 36.4 Å². The van der Waals surface area contributed by atoms with Gasteiger partial charge in [-0.3, -0.25) is 9.05 Å². The summed E-state index contributed by atoms with van der Waals surface area (Å²) in [5, 5.41) is 1.05. The number of benzene rings is 3. The molecule has 3 aromatic rings. The first kappa shape index (κ1) is 35.0. The lowest BCUT2D eigenvalue weighted by Gasteiger charge is -2.38. The molecule has 5 rings (SSSR count). The third-order valence-electron chi connectivity index (χ3n) is 9.89. The Labute approximate surface area is 276 Å². The van der Waals surface area contributed by atoms with Crippen molar-refractivity contribution in [1.82, 2.24) is 0 Å². The molecule has 8 atom stereocenters. The predicted octanol–water partition coefficient (Wildman–Crippen LogP) is 10.4. The Balaban J connectivity index is 1.39. The molecule has 2 aliphatic carbocycles. The van der Waals surface area contributed by atoms with E-state index < -0.39 is 15.2 Å². The first-order valence-corrected chi connectivity index (χ1v) is 20.2. The highest BCUT2D eigenvalue weighted by molar-refractivity contribution is 7.63. The summed E-state index contributed by atoms with van der Waals surface area (Å²) in [6, 6.07) is 25.2. The van der Waals surface area contributed by atoms with Gasteiger partial charge in [-0.1, -0.05) is 90.8 Å². The lowest BCUT2D eigenvalue weighted by Crippen LogP contribution is -2.35. The van der Waals surface area contributed by atoms with Gasteiger partial charge in [0.25, 0.3) is 0 Å². The van der Waals surface area contributed by atoms with E-state index in [9.17, 15) is 9.13 Å². The van der Waals surface area contributed by atoms with E-state index in [1.54, 1.807) is 48.5 Å². The fourth-order valence-corrected chi connectivity index (χ4v) is 10.8. The molecular weight excluding hydrogens is 614 g/mol. The Morgan fingerprint density at radius 2 is 0.891 bits per heavy atom.